The van der Waals surface area contributed by atoms with E-state index in [9.17, 15) is 39.3 Å². The summed E-state index contributed by atoms with van der Waals surface area (Å²) in [6, 6.07) is 45.0. The van der Waals surface area contributed by atoms with Crippen molar-refractivity contribution in [2.45, 2.75) is 142 Å². The highest BCUT2D eigenvalue weighted by Crippen LogP contribution is 2.46. The number of rotatable bonds is 45. The number of fused-ring (bicyclic) bond motifs is 12. The monoisotopic (exact) mass is 1940 g/mol. The summed E-state index contributed by atoms with van der Waals surface area (Å²) in [4.78, 5) is 95.1. The van der Waals surface area contributed by atoms with Crippen molar-refractivity contribution in [1.82, 2.24) is 9.80 Å². The molecule has 8 aromatic carbocycles. The van der Waals surface area contributed by atoms with Gasteiger partial charge in [0.05, 0.1) is 152 Å². The molecule has 6 heterocycles. The Morgan fingerprint density at radius 3 is 1.10 bits per heavy atom. The molecule has 0 spiro atoms. The molecule has 0 aliphatic carbocycles. The molecule has 734 valence electrons. The average Bonchev–Trinajstić information content (AvgIpc) is 1.61. The van der Waals surface area contributed by atoms with Gasteiger partial charge in [0, 0.05) is 174 Å². The second-order valence-electron chi connectivity index (χ2n) is 34.6. The van der Waals surface area contributed by atoms with E-state index in [1.165, 1.54) is 13.2 Å². The number of benzene rings is 8. The number of hydrogen-bond acceptors (Lipinski definition) is 26. The molecule has 2 unspecified atom stereocenters. The van der Waals surface area contributed by atoms with Gasteiger partial charge in [0.1, 0.15) is 13.2 Å². The first-order valence-corrected chi connectivity index (χ1v) is 50.1. The van der Waals surface area contributed by atoms with Gasteiger partial charge in [0.15, 0.2) is 34.5 Å². The molecular weight excluding hydrogens is 1810 g/mol. The summed E-state index contributed by atoms with van der Waals surface area (Å²) in [6.45, 7) is 16.7. The molecule has 0 fully saturated rings. The average molecular weight is 1940 g/mol. The maximum Gasteiger partial charge on any atom is 0.261 e. The molecule has 5 atom stereocenters. The van der Waals surface area contributed by atoms with E-state index >= 15 is 0 Å². The Bertz CT molecular complexity index is 5400. The number of aliphatic hydroxyl groups is 2. The molecule has 136 heavy (non-hydrogen) atoms. The number of phenols is 1. The Hall–Kier alpha value is -10.7. The predicted octanol–water partition coefficient (Wildman–Crippen LogP) is 14.5. The smallest absolute Gasteiger partial charge is 0.261 e. The quantitative estimate of drug-likeness (QED) is 0.0299. The molecule has 8 aromatic rings. The number of anilines is 5. The number of hydrogen-bond donors (Lipinski definition) is 3. The fraction of sp³-hybridized carbons (Fsp3) is 0.456. The van der Waals surface area contributed by atoms with Crippen molar-refractivity contribution in [2.75, 3.05) is 192 Å². The van der Waals surface area contributed by atoms with Crippen molar-refractivity contribution in [2.24, 2.45) is 15.0 Å². The van der Waals surface area contributed by atoms with Crippen molar-refractivity contribution in [3.05, 3.63) is 201 Å². The van der Waals surface area contributed by atoms with Crippen LogP contribution in [0, 0.1) is 0 Å². The third kappa shape index (κ3) is 27.4. The van der Waals surface area contributed by atoms with E-state index in [0.717, 1.165) is 73.8 Å². The van der Waals surface area contributed by atoms with E-state index in [-0.39, 0.29) is 129 Å². The highest BCUT2D eigenvalue weighted by molar-refractivity contribution is 8.29. The molecule has 14 rings (SSSR count). The van der Waals surface area contributed by atoms with Crippen molar-refractivity contribution in [3.8, 4) is 34.5 Å². The van der Waals surface area contributed by atoms with Crippen LogP contribution in [0.1, 0.15) is 138 Å². The highest BCUT2D eigenvalue weighted by Gasteiger charge is 2.41. The maximum atomic E-state index is 14.2. The lowest BCUT2D eigenvalue weighted by atomic mass is 10.1. The number of phenolic OH excluding ortho intramolecular Hbond substituents is 1. The summed E-state index contributed by atoms with van der Waals surface area (Å²) in [6.07, 6.45) is 13.6. The zero-order chi connectivity index (χ0) is 95.8. The summed E-state index contributed by atoms with van der Waals surface area (Å²) in [5, 5.41) is 29.2. The van der Waals surface area contributed by atoms with Crippen LogP contribution < -0.4 is 48.2 Å². The highest BCUT2D eigenvalue weighted by atomic mass is 32.8. The van der Waals surface area contributed by atoms with Gasteiger partial charge in [-0.3, -0.25) is 53.6 Å². The van der Waals surface area contributed by atoms with E-state index in [1.54, 1.807) is 95.6 Å². The molecule has 6 aliphatic heterocycles. The summed E-state index contributed by atoms with van der Waals surface area (Å²) in [5.74, 6) is 1.60. The molecule has 0 saturated carbocycles. The summed E-state index contributed by atoms with van der Waals surface area (Å²) < 4.78 is 62.8. The van der Waals surface area contributed by atoms with Crippen LogP contribution in [0.25, 0.3) is 0 Å². The zero-order valence-electron chi connectivity index (χ0n) is 78.9. The number of aromatic hydroxyl groups is 1. The Kier molecular flexibility index (Phi) is 40.4. The van der Waals surface area contributed by atoms with Crippen molar-refractivity contribution >= 4 is 135 Å². The normalized spacial score (nSPS) is 15.5. The minimum Gasteiger partial charge on any atom is -0.504 e. The van der Waals surface area contributed by atoms with Gasteiger partial charge in [-0.1, -0.05) is 97.9 Å². The van der Waals surface area contributed by atoms with E-state index in [4.69, 9.17) is 84.5 Å². The van der Waals surface area contributed by atoms with Gasteiger partial charge in [-0.2, -0.15) is 0 Å². The van der Waals surface area contributed by atoms with Crippen LogP contribution in [-0.4, -0.2) is 268 Å². The van der Waals surface area contributed by atoms with Crippen LogP contribution in [0.2, 0.25) is 0 Å². The minimum atomic E-state index is -0.292. The van der Waals surface area contributed by atoms with Crippen LogP contribution in [0.4, 0.5) is 45.5 Å². The first-order valence-electron chi connectivity index (χ1n) is 45.0. The molecule has 29 nitrogen and oxygen atoms in total. The SMILES string of the molecule is C.C.COCCOCCOCCN(CCCC(=O)N(C)CC(C)(C)S(C)=S)c1cc(CO)cc(CO)c1.COCCOCCOCCN(CCCC(=O)N(C)CC(C)(C)S(C)=S)c1cc(COc2cc3c(cc2OC)C(=O)N2c4ccccc4C[C@H]2C=N3)cc(COc2cc3c(cc2OC)C(=O)N2c4ccccc4C[C@H]2C=N3)c1.COc1cc2c(cc1O)N=C[C@H]1Cc3ccccc3N1C2=O. The van der Waals surface area contributed by atoms with Crippen LogP contribution in [0.3, 0.4) is 0 Å². The third-order valence-electron chi connectivity index (χ3n) is 24.3. The Morgan fingerprint density at radius 2 is 0.757 bits per heavy atom. The molecule has 5 amide bonds. The lowest BCUT2D eigenvalue weighted by Gasteiger charge is -2.31. The molecule has 0 bridgehead atoms. The molecule has 0 aromatic heterocycles. The number of amides is 5. The summed E-state index contributed by atoms with van der Waals surface area (Å²) >= 11 is 11.1. The fourth-order valence-electron chi connectivity index (χ4n) is 16.7. The molecule has 0 radical (unpaired) electrons. The Morgan fingerprint density at radius 1 is 0.434 bits per heavy atom. The molecule has 0 saturated heterocycles. The fourth-order valence-corrected chi connectivity index (χ4v) is 17.8. The molecule has 33 heteroatoms. The van der Waals surface area contributed by atoms with Crippen LogP contribution in [-0.2, 0) is 125 Å². The number of aliphatic hydroxyl groups excluding tert-OH is 2. The van der Waals surface area contributed by atoms with Gasteiger partial charge < -0.3 is 87.0 Å². The maximum absolute atomic E-state index is 14.2. The van der Waals surface area contributed by atoms with Gasteiger partial charge in [-0.05, 0) is 159 Å². The number of methoxy groups -OCH3 is 5. The molecule has 3 N–H and O–H groups in total. The Labute approximate surface area is 815 Å². The van der Waals surface area contributed by atoms with Crippen LogP contribution >= 0.6 is 0 Å². The van der Waals surface area contributed by atoms with Gasteiger partial charge in [0.25, 0.3) is 17.7 Å². The second-order valence-corrected chi connectivity index (χ2v) is 41.6. The van der Waals surface area contributed by atoms with E-state index < -0.39 is 0 Å². The number of aliphatic imine (C=N–C) groups is 3. The number of carbonyl (C=O) groups excluding carboxylic acids is 5. The lowest BCUT2D eigenvalue weighted by Crippen LogP contribution is -2.42. The minimum absolute atomic E-state index is 0. The zero-order valence-corrected chi connectivity index (χ0v) is 82.2. The lowest BCUT2D eigenvalue weighted by molar-refractivity contribution is -0.131. The van der Waals surface area contributed by atoms with Crippen LogP contribution in [0.15, 0.2) is 161 Å². The first-order chi connectivity index (χ1) is 64.6. The topological polar surface area (TPSA) is 307 Å². The standard InChI is InChI=1S/C59H68N6O10S2.C25H44N2O6S2.C17H14N2O3.2CH4/c1-59(2,77(7)76)38-62(3)56(66)17-12-18-63(19-20-72-23-24-73-22-21-69-4)43-26-39(36-74-54-32-48-46(30-52(54)70-5)57(67)64-44(34-60-48)28-41-13-8-10-15-50(41)64)25-40(27-43)37-75-55-33-49-47(31-53(55)71-6)58(68)65-45(35-61-49)29-42-14-9-11-16-51(42)65;1-25(2,35(5)34)20-26(3)24(30)7-6-8-27(9-10-32-13-14-33-12-11-31-4)23-16-21(18-28)15-22(17-23)19-29;1-22-16-7-12-13(8-15(16)20)18-9-11-6-10-4-2-3-5-14(10)19(11)17(12)21;;/h8-11,13-16,25-27,30-35,44-45H,12,17-24,28-29,36-38H2,1-7H3;15-17,28-29H,6-14,18-20H2,1-5H3;2-5,7-9,11,20H,6H2,1H3;2*1H4/t44-,45-,77?;;11-;;/m0.1../s1. The summed E-state index contributed by atoms with van der Waals surface area (Å²) in [7, 11) is 11.0. The second kappa shape index (κ2) is 51.1. The number of para-hydroxylation sites is 3. The van der Waals surface area contributed by atoms with Crippen molar-refractivity contribution in [3.63, 3.8) is 0 Å². The van der Waals surface area contributed by atoms with Crippen LogP contribution in [0.5, 0.6) is 34.5 Å². The van der Waals surface area contributed by atoms with Gasteiger partial charge >= 0.3 is 0 Å². The van der Waals surface area contributed by atoms with Gasteiger partial charge in [0.2, 0.25) is 11.8 Å². The molecule has 6 aliphatic rings. The Balaban J connectivity index is 0.000000264. The van der Waals surface area contributed by atoms with Gasteiger partial charge in [-0.25, -0.2) is 0 Å². The third-order valence-corrected chi connectivity index (χ3v) is 30.3. The van der Waals surface area contributed by atoms with E-state index in [2.05, 4.69) is 54.6 Å². The first kappa shape index (κ1) is 107. The molecular formula is C103H134N10O19S4. The summed E-state index contributed by atoms with van der Waals surface area (Å²) in [5.41, 5.74) is 13.6. The van der Waals surface area contributed by atoms with Crippen molar-refractivity contribution in [1.29, 1.82) is 0 Å². The number of nitrogens with zero attached hydrogens (tertiary/aromatic N) is 10. The predicted molar refractivity (Wildman–Crippen MR) is 549 cm³/mol. The van der Waals surface area contributed by atoms with Gasteiger partial charge in [-0.15, -0.1) is 18.9 Å². The van der Waals surface area contributed by atoms with Crippen molar-refractivity contribution < 1.29 is 91.4 Å². The van der Waals surface area contributed by atoms with E-state index in [0.29, 0.717) is 201 Å². The number of ether oxygens (including phenoxy) is 11. The largest absolute Gasteiger partial charge is 0.504 e. The number of carbonyl (C=O) groups is 5. The van der Waals surface area contributed by atoms with E-state index in [1.807, 2.05) is 130 Å².